The number of phenols is 1. The Morgan fingerprint density at radius 2 is 1.59 bits per heavy atom. The fourth-order valence-corrected chi connectivity index (χ4v) is 4.04. The van der Waals surface area contributed by atoms with Gasteiger partial charge in [-0.2, -0.15) is 0 Å². The van der Waals surface area contributed by atoms with E-state index in [0.29, 0.717) is 23.4 Å². The quantitative estimate of drug-likeness (QED) is 0.548. The Labute approximate surface area is 202 Å². The number of benzene rings is 2. The molecule has 0 saturated heterocycles. The Hall–Kier alpha value is -3.35. The molecule has 2 aromatic carbocycles. The molecule has 0 radical (unpaired) electrons. The summed E-state index contributed by atoms with van der Waals surface area (Å²) in [5, 5.41) is 22.4. The number of Topliss-reactive ketones (excluding diaryl/α,β-unsaturated/α-hetero) is 1. The number of rotatable bonds is 4. The summed E-state index contributed by atoms with van der Waals surface area (Å²) in [6.07, 6.45) is 0. The van der Waals surface area contributed by atoms with Crippen LogP contribution in [0, 0.1) is 5.41 Å². The monoisotopic (exact) mass is 464 g/mol. The van der Waals surface area contributed by atoms with E-state index in [0.717, 1.165) is 16.7 Å². The van der Waals surface area contributed by atoms with Crippen LogP contribution in [0.2, 0.25) is 0 Å². The molecule has 1 aliphatic heterocycles. The number of amidine groups is 1. The first kappa shape index (κ1) is 25.3. The van der Waals surface area contributed by atoms with Crippen molar-refractivity contribution >= 4 is 23.3 Å². The van der Waals surface area contributed by atoms with Crippen LogP contribution in [0.5, 0.6) is 5.75 Å². The minimum atomic E-state index is -0.329. The molecule has 0 saturated carbocycles. The third-order valence-electron chi connectivity index (χ3n) is 6.08. The van der Waals surface area contributed by atoms with E-state index < -0.39 is 0 Å². The normalized spacial score (nSPS) is 13.6. The summed E-state index contributed by atoms with van der Waals surface area (Å²) in [7, 11) is 3.33. The molecular weight excluding hydrogens is 428 g/mol. The van der Waals surface area contributed by atoms with E-state index in [2.05, 4.69) is 5.32 Å². The lowest BCUT2D eigenvalue weighted by Crippen LogP contribution is -2.31. The largest absolute Gasteiger partial charge is 0.507 e. The van der Waals surface area contributed by atoms with Crippen molar-refractivity contribution < 1.29 is 14.7 Å². The molecule has 0 fully saturated rings. The highest BCUT2D eigenvalue weighted by Crippen LogP contribution is 2.40. The number of anilines is 1. The Bertz CT molecular complexity index is 1120. The summed E-state index contributed by atoms with van der Waals surface area (Å²) in [4.78, 5) is 28.5. The highest BCUT2D eigenvalue weighted by atomic mass is 16.3. The van der Waals surface area contributed by atoms with Crippen LogP contribution in [0.4, 0.5) is 10.5 Å². The van der Waals surface area contributed by atoms with Crippen molar-refractivity contribution in [2.75, 3.05) is 26.0 Å². The SMILES string of the molecule is CN(C)C(=O)Nc1ccc2c(c1)C(=N)N(CC(=O)c1cc(C(C)(C)C)c(O)c(C(C)(C)C)c1)C2. The zero-order valence-electron chi connectivity index (χ0n) is 21.5. The first-order valence-corrected chi connectivity index (χ1v) is 11.5. The predicted molar refractivity (Wildman–Crippen MR) is 136 cm³/mol. The molecule has 2 amide bonds. The predicted octanol–water partition coefficient (Wildman–Crippen LogP) is 5.10. The van der Waals surface area contributed by atoms with Gasteiger partial charge in [0.2, 0.25) is 0 Å². The molecular formula is C27H36N4O3. The second-order valence-corrected chi connectivity index (χ2v) is 11.2. The van der Waals surface area contributed by atoms with Crippen molar-refractivity contribution in [3.05, 3.63) is 58.1 Å². The highest BCUT2D eigenvalue weighted by Gasteiger charge is 2.30. The molecule has 1 heterocycles. The number of ketones is 1. The van der Waals surface area contributed by atoms with E-state index >= 15 is 0 Å². The van der Waals surface area contributed by atoms with Crippen molar-refractivity contribution in [3.8, 4) is 5.75 Å². The summed E-state index contributed by atoms with van der Waals surface area (Å²) in [6.45, 7) is 12.6. The first-order valence-electron chi connectivity index (χ1n) is 11.5. The molecule has 0 aromatic heterocycles. The van der Waals surface area contributed by atoms with E-state index in [4.69, 9.17) is 5.41 Å². The summed E-state index contributed by atoms with van der Waals surface area (Å²) >= 11 is 0. The van der Waals surface area contributed by atoms with E-state index in [1.165, 1.54) is 4.90 Å². The second kappa shape index (κ2) is 8.78. The van der Waals surface area contributed by atoms with Crippen LogP contribution < -0.4 is 5.32 Å². The smallest absolute Gasteiger partial charge is 0.321 e. The Morgan fingerprint density at radius 1 is 1.03 bits per heavy atom. The van der Waals surface area contributed by atoms with Crippen LogP contribution in [0.1, 0.15) is 74.2 Å². The summed E-state index contributed by atoms with van der Waals surface area (Å²) in [6, 6.07) is 8.80. The molecule has 7 nitrogen and oxygen atoms in total. The topological polar surface area (TPSA) is 96.7 Å². The van der Waals surface area contributed by atoms with E-state index in [1.807, 2.05) is 53.7 Å². The van der Waals surface area contributed by atoms with Gasteiger partial charge in [-0.25, -0.2) is 4.79 Å². The average molecular weight is 465 g/mol. The Morgan fingerprint density at radius 3 is 2.09 bits per heavy atom. The minimum absolute atomic E-state index is 0.0604. The molecule has 34 heavy (non-hydrogen) atoms. The van der Waals surface area contributed by atoms with Crippen LogP contribution in [-0.2, 0) is 17.4 Å². The van der Waals surface area contributed by atoms with Crippen LogP contribution in [0.15, 0.2) is 30.3 Å². The third-order valence-corrected chi connectivity index (χ3v) is 6.08. The standard InChI is InChI=1S/C27H36N4O3/c1-26(2,3)20-11-17(12-21(23(20)33)27(4,5)6)22(32)15-31-14-16-9-10-18(13-19(16)24(31)28)29-25(34)30(7)8/h9-13,28,33H,14-15H2,1-8H3,(H,29,34). The molecule has 3 rings (SSSR count). The minimum Gasteiger partial charge on any atom is -0.507 e. The van der Waals surface area contributed by atoms with Gasteiger partial charge in [-0.1, -0.05) is 47.6 Å². The lowest BCUT2D eigenvalue weighted by molar-refractivity contribution is 0.0962. The number of hydrogen-bond donors (Lipinski definition) is 3. The van der Waals surface area contributed by atoms with Gasteiger partial charge < -0.3 is 20.2 Å². The van der Waals surface area contributed by atoms with Gasteiger partial charge in [0.05, 0.1) is 6.54 Å². The van der Waals surface area contributed by atoms with Gasteiger partial charge in [0, 0.05) is 48.6 Å². The van der Waals surface area contributed by atoms with Crippen LogP contribution >= 0.6 is 0 Å². The van der Waals surface area contributed by atoms with Gasteiger partial charge >= 0.3 is 6.03 Å². The number of carbonyl (C=O) groups excluding carboxylic acids is 2. The van der Waals surface area contributed by atoms with Crippen molar-refractivity contribution in [2.45, 2.75) is 58.9 Å². The number of nitrogens with zero attached hydrogens (tertiary/aromatic N) is 2. The fraction of sp³-hybridized carbons (Fsp3) is 0.444. The van der Waals surface area contributed by atoms with Gasteiger partial charge in [-0.3, -0.25) is 10.2 Å². The van der Waals surface area contributed by atoms with Crippen LogP contribution in [0.25, 0.3) is 0 Å². The first-order chi connectivity index (χ1) is 15.6. The number of nitrogens with one attached hydrogen (secondary N) is 2. The van der Waals surface area contributed by atoms with E-state index in [-0.39, 0.29) is 40.8 Å². The van der Waals surface area contributed by atoms with Crippen LogP contribution in [0.3, 0.4) is 0 Å². The molecule has 1 aliphatic rings. The summed E-state index contributed by atoms with van der Waals surface area (Å²) in [5.74, 6) is 0.398. The lowest BCUT2D eigenvalue weighted by Gasteiger charge is -2.28. The Kier molecular flexibility index (Phi) is 6.53. The number of carbonyl (C=O) groups is 2. The third kappa shape index (κ3) is 5.08. The molecule has 0 bridgehead atoms. The molecule has 7 heteroatoms. The maximum absolute atomic E-state index is 13.4. The fourth-order valence-electron chi connectivity index (χ4n) is 4.04. The molecule has 0 aliphatic carbocycles. The number of fused-ring (bicyclic) bond motifs is 1. The van der Waals surface area contributed by atoms with E-state index in [1.54, 1.807) is 37.2 Å². The number of hydrogen-bond acceptors (Lipinski definition) is 4. The zero-order valence-corrected chi connectivity index (χ0v) is 21.5. The second-order valence-electron chi connectivity index (χ2n) is 11.2. The number of aromatic hydroxyl groups is 1. The lowest BCUT2D eigenvalue weighted by atomic mass is 9.78. The van der Waals surface area contributed by atoms with Crippen molar-refractivity contribution in [2.24, 2.45) is 0 Å². The van der Waals surface area contributed by atoms with Gasteiger partial charge in [-0.05, 0) is 40.7 Å². The van der Waals surface area contributed by atoms with Crippen LogP contribution in [-0.4, -0.2) is 53.2 Å². The number of amides is 2. The summed E-state index contributed by atoms with van der Waals surface area (Å²) < 4.78 is 0. The van der Waals surface area contributed by atoms with Gasteiger partial charge in [-0.15, -0.1) is 0 Å². The van der Waals surface area contributed by atoms with Gasteiger partial charge in [0.25, 0.3) is 0 Å². The highest BCUT2D eigenvalue weighted by molar-refractivity contribution is 6.06. The molecule has 0 atom stereocenters. The maximum Gasteiger partial charge on any atom is 0.321 e. The van der Waals surface area contributed by atoms with Crippen molar-refractivity contribution in [3.63, 3.8) is 0 Å². The Balaban J connectivity index is 1.87. The van der Waals surface area contributed by atoms with Crippen molar-refractivity contribution in [1.82, 2.24) is 9.80 Å². The van der Waals surface area contributed by atoms with Gasteiger partial charge in [0.15, 0.2) is 5.78 Å². The zero-order chi connectivity index (χ0) is 25.6. The number of urea groups is 1. The maximum atomic E-state index is 13.4. The molecule has 2 aromatic rings. The summed E-state index contributed by atoms with van der Waals surface area (Å²) in [5.41, 5.74) is 3.62. The van der Waals surface area contributed by atoms with Crippen molar-refractivity contribution in [1.29, 1.82) is 5.41 Å². The van der Waals surface area contributed by atoms with Gasteiger partial charge in [0.1, 0.15) is 11.6 Å². The average Bonchev–Trinajstić information content (AvgIpc) is 3.01. The molecule has 0 unspecified atom stereocenters. The molecule has 0 spiro atoms. The van der Waals surface area contributed by atoms with E-state index in [9.17, 15) is 14.7 Å². The molecule has 3 N–H and O–H groups in total. The number of phenolic OH excluding ortho intramolecular Hbond substituents is 1. The molecule has 182 valence electrons.